The Balaban J connectivity index is 1.15. The lowest BCUT2D eigenvalue weighted by atomic mass is 9.70. The van der Waals surface area contributed by atoms with Gasteiger partial charge in [-0.1, -0.05) is 41.5 Å². The molecule has 0 saturated heterocycles. The highest BCUT2D eigenvalue weighted by Gasteiger charge is 2.62. The molecular formula is C24H36N6. The molecule has 4 aliphatic rings. The third-order valence-electron chi connectivity index (χ3n) is 10.6. The fourth-order valence-corrected chi connectivity index (χ4v) is 7.76. The van der Waals surface area contributed by atoms with Crippen molar-refractivity contribution in [2.24, 2.45) is 10.8 Å². The quantitative estimate of drug-likeness (QED) is 0.525. The van der Waals surface area contributed by atoms with E-state index < -0.39 is 0 Å². The molecule has 4 aliphatic carbocycles. The van der Waals surface area contributed by atoms with Gasteiger partial charge < -0.3 is 10.6 Å². The molecule has 2 heterocycles. The molecule has 0 spiro atoms. The van der Waals surface area contributed by atoms with Gasteiger partial charge in [0, 0.05) is 46.4 Å². The fourth-order valence-electron chi connectivity index (χ4n) is 7.76. The molecule has 4 N–H and O–H groups in total. The number of aromatic nitrogens is 4. The molecule has 4 atom stereocenters. The van der Waals surface area contributed by atoms with Crippen LogP contribution < -0.4 is 10.6 Å². The molecule has 162 valence electrons. The van der Waals surface area contributed by atoms with E-state index in [0.29, 0.717) is 22.7 Å². The van der Waals surface area contributed by atoms with E-state index in [2.05, 4.69) is 72.6 Å². The third-order valence-corrected chi connectivity index (χ3v) is 10.6. The second-order valence-corrected chi connectivity index (χ2v) is 11.9. The molecule has 2 fully saturated rings. The van der Waals surface area contributed by atoms with Gasteiger partial charge in [0.1, 0.15) is 0 Å². The van der Waals surface area contributed by atoms with Gasteiger partial charge in [-0.25, -0.2) is 0 Å². The van der Waals surface area contributed by atoms with E-state index in [9.17, 15) is 0 Å². The first-order valence-corrected chi connectivity index (χ1v) is 11.8. The number of nitrogens with zero attached hydrogens (tertiary/aromatic N) is 2. The minimum atomic E-state index is 0.232. The summed E-state index contributed by atoms with van der Waals surface area (Å²) in [6.45, 7) is 16.2. The smallest absolute Gasteiger partial charge is 0.151 e. The molecule has 6 nitrogen and oxygen atoms in total. The number of H-pyrrole nitrogens is 2. The van der Waals surface area contributed by atoms with Crippen LogP contribution in [0.2, 0.25) is 0 Å². The monoisotopic (exact) mass is 408 g/mol. The van der Waals surface area contributed by atoms with Crippen LogP contribution in [-0.4, -0.2) is 33.5 Å². The van der Waals surface area contributed by atoms with Gasteiger partial charge in [0.05, 0.1) is 0 Å². The van der Waals surface area contributed by atoms with Gasteiger partial charge >= 0.3 is 0 Å². The number of anilines is 2. The van der Waals surface area contributed by atoms with Crippen molar-refractivity contribution in [3.05, 3.63) is 22.5 Å². The Morgan fingerprint density at radius 2 is 1.13 bits per heavy atom. The van der Waals surface area contributed by atoms with E-state index >= 15 is 0 Å². The molecular weight excluding hydrogens is 372 g/mol. The first kappa shape index (κ1) is 18.8. The van der Waals surface area contributed by atoms with Crippen LogP contribution in [0.15, 0.2) is 0 Å². The lowest BCUT2D eigenvalue weighted by Gasteiger charge is -2.34. The second-order valence-electron chi connectivity index (χ2n) is 11.9. The molecule has 0 radical (unpaired) electrons. The summed E-state index contributed by atoms with van der Waals surface area (Å²) in [5.74, 6) is 3.35. The van der Waals surface area contributed by atoms with Crippen molar-refractivity contribution < 1.29 is 0 Å². The van der Waals surface area contributed by atoms with Crippen LogP contribution in [0.4, 0.5) is 11.6 Å². The Morgan fingerprint density at radius 3 is 1.53 bits per heavy atom. The highest BCUT2D eigenvalue weighted by molar-refractivity contribution is 5.60. The van der Waals surface area contributed by atoms with E-state index in [4.69, 9.17) is 0 Å². The summed E-state index contributed by atoms with van der Waals surface area (Å²) in [5, 5.41) is 23.3. The van der Waals surface area contributed by atoms with Crippen LogP contribution in [0.1, 0.15) is 102 Å². The van der Waals surface area contributed by atoms with E-state index in [1.54, 1.807) is 0 Å². The Bertz CT molecular complexity index is 946. The maximum absolute atomic E-state index is 4.66. The van der Waals surface area contributed by atoms with Crippen molar-refractivity contribution >= 4 is 11.6 Å². The van der Waals surface area contributed by atoms with Gasteiger partial charge in [0.2, 0.25) is 0 Å². The lowest BCUT2D eigenvalue weighted by molar-refractivity contribution is 0.225. The topological polar surface area (TPSA) is 81.4 Å². The molecule has 4 bridgehead atoms. The van der Waals surface area contributed by atoms with Crippen LogP contribution in [0, 0.1) is 10.8 Å². The van der Waals surface area contributed by atoms with Crippen molar-refractivity contribution in [3.8, 4) is 0 Å². The highest BCUT2D eigenvalue weighted by Crippen LogP contribution is 2.69. The van der Waals surface area contributed by atoms with Crippen LogP contribution in [0.5, 0.6) is 0 Å². The molecule has 0 amide bonds. The molecule has 0 aliphatic heterocycles. The number of fused-ring (bicyclic) bond motifs is 10. The van der Waals surface area contributed by atoms with E-state index in [0.717, 1.165) is 24.7 Å². The Labute approximate surface area is 179 Å². The van der Waals surface area contributed by atoms with Crippen molar-refractivity contribution in [1.29, 1.82) is 0 Å². The zero-order chi connectivity index (χ0) is 21.1. The summed E-state index contributed by atoms with van der Waals surface area (Å²) in [5.41, 5.74) is 6.72. The van der Waals surface area contributed by atoms with Crippen molar-refractivity contribution in [2.45, 2.75) is 89.9 Å². The zero-order valence-corrected chi connectivity index (χ0v) is 19.3. The lowest BCUT2D eigenvalue weighted by Crippen LogP contribution is -2.32. The average molecular weight is 409 g/mol. The minimum Gasteiger partial charge on any atom is -0.367 e. The van der Waals surface area contributed by atoms with Crippen LogP contribution in [0.25, 0.3) is 0 Å². The summed E-state index contributed by atoms with van der Waals surface area (Å²) >= 11 is 0. The predicted octanol–water partition coefficient (Wildman–Crippen LogP) is 5.01. The van der Waals surface area contributed by atoms with Crippen LogP contribution >= 0.6 is 0 Å². The van der Waals surface area contributed by atoms with Gasteiger partial charge in [0.15, 0.2) is 11.6 Å². The van der Waals surface area contributed by atoms with Gasteiger partial charge in [-0.05, 0) is 48.3 Å². The molecule has 30 heavy (non-hydrogen) atoms. The number of nitrogens with one attached hydrogen (secondary N) is 4. The van der Waals surface area contributed by atoms with Gasteiger partial charge in [-0.15, -0.1) is 0 Å². The number of rotatable bonds is 5. The van der Waals surface area contributed by atoms with E-state index in [1.807, 2.05) is 0 Å². The minimum absolute atomic E-state index is 0.232. The van der Waals surface area contributed by atoms with Gasteiger partial charge in [0.25, 0.3) is 0 Å². The summed E-state index contributed by atoms with van der Waals surface area (Å²) in [6.07, 6.45) is 5.08. The van der Waals surface area contributed by atoms with E-state index in [-0.39, 0.29) is 10.8 Å². The molecule has 2 aromatic rings. The molecule has 2 saturated carbocycles. The zero-order valence-electron chi connectivity index (χ0n) is 19.3. The summed E-state index contributed by atoms with van der Waals surface area (Å²) in [7, 11) is 0. The molecule has 0 unspecified atom stereocenters. The largest absolute Gasteiger partial charge is 0.367 e. The van der Waals surface area contributed by atoms with Crippen LogP contribution in [0.3, 0.4) is 0 Å². The molecule has 2 aromatic heterocycles. The SMILES string of the molecule is CC1(C)[C@@H]2CC[C@@]1(C)c1[nH]nc(NCCNc3n[nH]c4c3[C@H]3CC[C@]4(C)C3(C)C)c12. The summed E-state index contributed by atoms with van der Waals surface area (Å²) < 4.78 is 0. The van der Waals surface area contributed by atoms with Gasteiger partial charge in [-0.2, -0.15) is 10.2 Å². The Hall–Kier alpha value is -1.98. The normalized spacial score (nSPS) is 36.2. The third kappa shape index (κ3) is 1.88. The maximum atomic E-state index is 4.66. The summed E-state index contributed by atoms with van der Waals surface area (Å²) in [6, 6.07) is 0. The standard InChI is InChI=1S/C24H36N6/c1-21(2)13-7-9-23(21,5)17-15(13)19(29-27-17)25-11-12-26-20-16-14-8-10-24(6,22(14,3)4)18(16)28-30-20/h13-14H,7-12H2,1-6H3,(H2,25,27,29)(H2,26,28,30)/t13-,14-,23+,24+/m1/s1. The van der Waals surface area contributed by atoms with Crippen molar-refractivity contribution in [1.82, 2.24) is 20.4 Å². The molecule has 6 heteroatoms. The number of hydrogen-bond acceptors (Lipinski definition) is 4. The van der Waals surface area contributed by atoms with Gasteiger partial charge in [-0.3, -0.25) is 10.2 Å². The average Bonchev–Trinajstić information content (AvgIpc) is 3.45. The van der Waals surface area contributed by atoms with Crippen LogP contribution in [-0.2, 0) is 10.8 Å². The van der Waals surface area contributed by atoms with E-state index in [1.165, 1.54) is 48.2 Å². The first-order chi connectivity index (χ1) is 14.1. The highest BCUT2D eigenvalue weighted by atomic mass is 15.2. The predicted molar refractivity (Wildman–Crippen MR) is 120 cm³/mol. The van der Waals surface area contributed by atoms with Crippen molar-refractivity contribution in [3.63, 3.8) is 0 Å². The number of hydrogen-bond donors (Lipinski definition) is 4. The molecule has 6 rings (SSSR count). The fraction of sp³-hybridized carbons (Fsp3) is 0.750. The first-order valence-electron chi connectivity index (χ1n) is 11.8. The second kappa shape index (κ2) is 5.43. The number of aromatic amines is 2. The molecule has 0 aromatic carbocycles. The Morgan fingerprint density at radius 1 is 0.733 bits per heavy atom. The van der Waals surface area contributed by atoms with Crippen molar-refractivity contribution in [2.75, 3.05) is 23.7 Å². The maximum Gasteiger partial charge on any atom is 0.151 e. The summed E-state index contributed by atoms with van der Waals surface area (Å²) in [4.78, 5) is 0. The Kier molecular flexibility index (Phi) is 3.40.